The Morgan fingerprint density at radius 2 is 1.44 bits per heavy atom. The third-order valence-electron chi connectivity index (χ3n) is 3.84. The molecule has 0 unspecified atom stereocenters. The minimum atomic E-state index is -0.436. The predicted molar refractivity (Wildman–Crippen MR) is 96.4 cm³/mol. The number of rotatable bonds is 3. The summed E-state index contributed by atoms with van der Waals surface area (Å²) in [4.78, 5) is 24.5. The molecule has 0 atom stereocenters. The van der Waals surface area contributed by atoms with E-state index < -0.39 is 11.8 Å². The number of carbonyl (C=O) groups excluding carboxylic acids is 2. The first-order valence-electron chi connectivity index (χ1n) is 7.51. The maximum atomic E-state index is 12.3. The lowest BCUT2D eigenvalue weighted by molar-refractivity contribution is 0.0660. The molecule has 0 saturated carbocycles. The largest absolute Gasteiger partial charge is 0.455 e. The van der Waals surface area contributed by atoms with Crippen LogP contribution in [-0.2, 0) is 0 Å². The number of fused-ring (bicyclic) bond motifs is 1. The molecule has 2 aromatic carbocycles. The number of halogens is 1. The Hall–Kier alpha value is -2.99. The van der Waals surface area contributed by atoms with Crippen LogP contribution in [0.1, 0.15) is 26.5 Å². The van der Waals surface area contributed by atoms with Crippen LogP contribution in [0.4, 0.5) is 0 Å². The fraction of sp³-hybridized carbons (Fsp3) is 0. The summed E-state index contributed by atoms with van der Waals surface area (Å²) < 4.78 is 6.64. The molecule has 2 heterocycles. The van der Waals surface area contributed by atoms with Crippen LogP contribution in [0.5, 0.6) is 0 Å². The fourth-order valence-electron chi connectivity index (χ4n) is 2.62. The summed E-state index contributed by atoms with van der Waals surface area (Å²) in [5.41, 5.74) is 1.62. The summed E-state index contributed by atoms with van der Waals surface area (Å²) in [5, 5.41) is 4.86. The van der Waals surface area contributed by atoms with Gasteiger partial charge in [-0.2, -0.15) is 10.1 Å². The van der Waals surface area contributed by atoms with E-state index in [1.165, 1.54) is 6.21 Å². The van der Waals surface area contributed by atoms with E-state index in [0.29, 0.717) is 22.6 Å². The number of carbonyl (C=O) groups is 2. The van der Waals surface area contributed by atoms with Gasteiger partial charge in [0.25, 0.3) is 11.8 Å². The summed E-state index contributed by atoms with van der Waals surface area (Å²) in [6.07, 6.45) is 1.36. The second-order valence-corrected chi connectivity index (χ2v) is 6.25. The average molecular weight is 395 g/mol. The third kappa shape index (κ3) is 2.70. The summed E-state index contributed by atoms with van der Waals surface area (Å²) >= 11 is 3.48. The van der Waals surface area contributed by atoms with E-state index in [9.17, 15) is 9.59 Å². The molecule has 0 fully saturated rings. The molecule has 4 rings (SSSR count). The Bertz CT molecular complexity index is 988. The van der Waals surface area contributed by atoms with Crippen molar-refractivity contribution in [2.75, 3.05) is 0 Å². The van der Waals surface area contributed by atoms with E-state index >= 15 is 0 Å². The number of amides is 2. The molecule has 0 radical (unpaired) electrons. The highest BCUT2D eigenvalue weighted by Crippen LogP contribution is 2.29. The van der Waals surface area contributed by atoms with Crippen molar-refractivity contribution in [2.24, 2.45) is 5.10 Å². The zero-order chi connectivity index (χ0) is 17.4. The second-order valence-electron chi connectivity index (χ2n) is 5.39. The van der Waals surface area contributed by atoms with Gasteiger partial charge in [0.2, 0.25) is 0 Å². The summed E-state index contributed by atoms with van der Waals surface area (Å²) in [7, 11) is 0. The summed E-state index contributed by atoms with van der Waals surface area (Å²) in [6.45, 7) is 0. The number of hydrogen-bond donors (Lipinski definition) is 0. The normalized spacial score (nSPS) is 13.7. The lowest BCUT2D eigenvalue weighted by Gasteiger charge is -2.04. The van der Waals surface area contributed by atoms with Crippen molar-refractivity contribution >= 4 is 34.0 Å². The highest BCUT2D eigenvalue weighted by Gasteiger charge is 2.35. The number of hydrogen-bond acceptors (Lipinski definition) is 4. The van der Waals surface area contributed by atoms with E-state index in [-0.39, 0.29) is 0 Å². The predicted octanol–water partition coefficient (Wildman–Crippen LogP) is 4.34. The van der Waals surface area contributed by atoms with Crippen LogP contribution < -0.4 is 0 Å². The van der Waals surface area contributed by atoms with Gasteiger partial charge in [-0.25, -0.2) is 0 Å². The standard InChI is InChI=1S/C19H11BrN2O3/c20-16-8-4-3-7-15(16)17-10-9-12(25-17)11-21-22-18(23)13-5-1-2-6-14(13)19(22)24/h1-11H. The molecule has 0 N–H and O–H groups in total. The van der Waals surface area contributed by atoms with Gasteiger partial charge in [-0.15, -0.1) is 0 Å². The van der Waals surface area contributed by atoms with Crippen molar-refractivity contribution in [1.29, 1.82) is 0 Å². The molecule has 3 aromatic rings. The molecule has 25 heavy (non-hydrogen) atoms. The molecule has 122 valence electrons. The third-order valence-corrected chi connectivity index (χ3v) is 4.53. The minimum Gasteiger partial charge on any atom is -0.455 e. The van der Waals surface area contributed by atoms with Gasteiger partial charge in [-0.1, -0.05) is 46.3 Å². The van der Waals surface area contributed by atoms with Crippen molar-refractivity contribution in [3.05, 3.63) is 82.0 Å². The molecular weight excluding hydrogens is 384 g/mol. The van der Waals surface area contributed by atoms with Crippen LogP contribution in [0.25, 0.3) is 11.3 Å². The Morgan fingerprint density at radius 1 is 0.840 bits per heavy atom. The zero-order valence-electron chi connectivity index (χ0n) is 12.8. The quantitative estimate of drug-likeness (QED) is 0.490. The Labute approximate surface area is 151 Å². The highest BCUT2D eigenvalue weighted by molar-refractivity contribution is 9.10. The molecule has 0 spiro atoms. The Kier molecular flexibility index (Phi) is 3.82. The maximum absolute atomic E-state index is 12.3. The number of hydrazone groups is 1. The minimum absolute atomic E-state index is 0.359. The first-order valence-corrected chi connectivity index (χ1v) is 8.31. The Morgan fingerprint density at radius 3 is 2.08 bits per heavy atom. The second kappa shape index (κ2) is 6.14. The van der Waals surface area contributed by atoms with E-state index in [4.69, 9.17) is 4.42 Å². The van der Waals surface area contributed by atoms with Gasteiger partial charge in [-0.3, -0.25) is 9.59 Å². The monoisotopic (exact) mass is 394 g/mol. The first kappa shape index (κ1) is 15.5. The van der Waals surface area contributed by atoms with Crippen molar-refractivity contribution in [3.8, 4) is 11.3 Å². The van der Waals surface area contributed by atoms with Crippen LogP contribution in [0.15, 0.2) is 74.7 Å². The molecule has 5 nitrogen and oxygen atoms in total. The van der Waals surface area contributed by atoms with Gasteiger partial charge in [-0.05, 0) is 30.3 Å². The molecule has 0 aliphatic carbocycles. The first-order chi connectivity index (χ1) is 12.1. The van der Waals surface area contributed by atoms with Crippen LogP contribution in [0.2, 0.25) is 0 Å². The smallest absolute Gasteiger partial charge is 0.282 e. The number of furan rings is 1. The highest BCUT2D eigenvalue weighted by atomic mass is 79.9. The van der Waals surface area contributed by atoms with Crippen LogP contribution in [0, 0.1) is 0 Å². The van der Waals surface area contributed by atoms with Crippen LogP contribution in [-0.4, -0.2) is 23.0 Å². The topological polar surface area (TPSA) is 62.9 Å². The molecular formula is C19H11BrN2O3. The molecule has 1 aliphatic rings. The lowest BCUT2D eigenvalue weighted by Crippen LogP contribution is -2.23. The van der Waals surface area contributed by atoms with E-state index in [0.717, 1.165) is 15.0 Å². The number of nitrogens with zero attached hydrogens (tertiary/aromatic N) is 2. The van der Waals surface area contributed by atoms with E-state index in [2.05, 4.69) is 21.0 Å². The van der Waals surface area contributed by atoms with E-state index in [1.807, 2.05) is 30.3 Å². The van der Waals surface area contributed by atoms with Gasteiger partial charge in [0, 0.05) is 10.0 Å². The number of benzene rings is 2. The SMILES string of the molecule is O=C1c2ccccc2C(=O)N1N=Cc1ccc(-c2ccccc2Br)o1. The van der Waals surface area contributed by atoms with Gasteiger partial charge >= 0.3 is 0 Å². The van der Waals surface area contributed by atoms with E-state index in [1.54, 1.807) is 30.3 Å². The summed E-state index contributed by atoms with van der Waals surface area (Å²) in [6, 6.07) is 17.9. The van der Waals surface area contributed by atoms with Gasteiger partial charge in [0.15, 0.2) is 0 Å². The molecule has 2 amide bonds. The molecule has 0 saturated heterocycles. The van der Waals surface area contributed by atoms with Gasteiger partial charge < -0.3 is 4.42 Å². The van der Waals surface area contributed by atoms with Crippen molar-refractivity contribution < 1.29 is 14.0 Å². The zero-order valence-corrected chi connectivity index (χ0v) is 14.4. The van der Waals surface area contributed by atoms with Gasteiger partial charge in [0.05, 0.1) is 17.3 Å². The van der Waals surface area contributed by atoms with Gasteiger partial charge in [0.1, 0.15) is 11.5 Å². The maximum Gasteiger partial charge on any atom is 0.282 e. The molecule has 1 aromatic heterocycles. The van der Waals surface area contributed by atoms with Crippen LogP contribution in [0.3, 0.4) is 0 Å². The lowest BCUT2D eigenvalue weighted by atomic mass is 10.1. The van der Waals surface area contributed by atoms with Crippen LogP contribution >= 0.6 is 15.9 Å². The molecule has 6 heteroatoms. The number of imide groups is 1. The fourth-order valence-corrected chi connectivity index (χ4v) is 3.10. The Balaban J connectivity index is 1.59. The average Bonchev–Trinajstić information content (AvgIpc) is 3.19. The van der Waals surface area contributed by atoms with Crippen molar-refractivity contribution in [2.45, 2.75) is 0 Å². The molecule has 1 aliphatic heterocycles. The van der Waals surface area contributed by atoms with Crippen molar-refractivity contribution in [3.63, 3.8) is 0 Å². The molecule has 0 bridgehead atoms. The van der Waals surface area contributed by atoms with Crippen molar-refractivity contribution in [1.82, 2.24) is 5.01 Å². The summed E-state index contributed by atoms with van der Waals surface area (Å²) in [5.74, 6) is 0.238.